The largest absolute Gasteiger partial charge is 0.319 e. The van der Waals surface area contributed by atoms with Crippen LogP contribution >= 0.6 is 9.39 Å². The van der Waals surface area contributed by atoms with E-state index >= 15 is 0 Å². The summed E-state index contributed by atoms with van der Waals surface area (Å²) in [4.78, 5) is 0. The molecule has 0 radical (unpaired) electrons. The van der Waals surface area contributed by atoms with Gasteiger partial charge in [0.2, 0.25) is 0 Å². The number of hydrogen-bond donors (Lipinski definition) is 1. The van der Waals surface area contributed by atoms with Crippen molar-refractivity contribution in [1.82, 2.24) is 9.99 Å². The van der Waals surface area contributed by atoms with Crippen LogP contribution < -0.4 is 5.32 Å². The first-order valence-corrected chi connectivity index (χ1v) is 4.49. The van der Waals surface area contributed by atoms with Gasteiger partial charge < -0.3 is 5.32 Å². The third-order valence-electron chi connectivity index (χ3n) is 2.14. The van der Waals surface area contributed by atoms with Gasteiger partial charge in [-0.1, -0.05) is 9.39 Å². The zero-order chi connectivity index (χ0) is 7.40. The maximum absolute atomic E-state index is 3.23. The van der Waals surface area contributed by atoms with E-state index < -0.39 is 0 Å². The van der Waals surface area contributed by atoms with E-state index in [1.54, 1.807) is 0 Å². The van der Waals surface area contributed by atoms with Crippen molar-refractivity contribution in [2.45, 2.75) is 12.8 Å². The molecule has 0 aromatic rings. The third-order valence-corrected chi connectivity index (χ3v) is 2.66. The molecule has 1 aliphatic rings. The predicted octanol–water partition coefficient (Wildman–Crippen LogP) is 0.708. The summed E-state index contributed by atoms with van der Waals surface area (Å²) in [5.74, 6) is 0.918. The van der Waals surface area contributed by atoms with Gasteiger partial charge in [-0.05, 0) is 32.4 Å². The maximum atomic E-state index is 3.23. The van der Waals surface area contributed by atoms with E-state index in [9.17, 15) is 0 Å². The van der Waals surface area contributed by atoms with Gasteiger partial charge in [-0.25, -0.2) is 0 Å². The second-order valence-electron chi connectivity index (χ2n) is 3.04. The number of piperidine rings is 1. The molecular weight excluding hydrogens is 143 g/mol. The van der Waals surface area contributed by atoms with Crippen LogP contribution in [0.4, 0.5) is 0 Å². The van der Waals surface area contributed by atoms with Crippen molar-refractivity contribution in [3.05, 3.63) is 0 Å². The van der Waals surface area contributed by atoms with Crippen LogP contribution in [0.1, 0.15) is 12.8 Å². The number of nitrogens with one attached hydrogen (secondary N) is 1. The first-order chi connectivity index (χ1) is 4.83. The molecule has 1 rings (SSSR count). The Balaban J connectivity index is 2.13. The van der Waals surface area contributed by atoms with Gasteiger partial charge in [0.15, 0.2) is 0 Å². The highest BCUT2D eigenvalue weighted by Gasteiger charge is 2.14. The van der Waals surface area contributed by atoms with Crippen LogP contribution in [0.15, 0.2) is 0 Å². The number of nitrogens with zero attached hydrogens (tertiary/aromatic N) is 1. The normalized spacial score (nSPS) is 23.4. The van der Waals surface area contributed by atoms with Gasteiger partial charge in [0, 0.05) is 13.1 Å². The molecule has 2 nitrogen and oxygen atoms in total. The lowest BCUT2D eigenvalue weighted by Gasteiger charge is -2.28. The summed E-state index contributed by atoms with van der Waals surface area (Å²) >= 11 is 0. The van der Waals surface area contributed by atoms with Crippen LogP contribution in [0.2, 0.25) is 0 Å². The Kier molecular flexibility index (Phi) is 3.61. The lowest BCUT2D eigenvalue weighted by molar-refractivity contribution is 0.287. The molecule has 0 aromatic heterocycles. The van der Waals surface area contributed by atoms with Crippen molar-refractivity contribution >= 4 is 9.39 Å². The minimum Gasteiger partial charge on any atom is -0.319 e. The highest BCUT2D eigenvalue weighted by Crippen LogP contribution is 2.18. The van der Waals surface area contributed by atoms with Crippen molar-refractivity contribution in [2.75, 3.05) is 26.7 Å². The minimum atomic E-state index is 0.918. The molecule has 0 amide bonds. The highest BCUT2D eigenvalue weighted by atomic mass is 31.0. The molecule has 3 heteroatoms. The highest BCUT2D eigenvalue weighted by molar-refractivity contribution is 7.13. The Morgan fingerprint density at radius 3 is 2.60 bits per heavy atom. The van der Waals surface area contributed by atoms with E-state index in [4.69, 9.17) is 0 Å². The summed E-state index contributed by atoms with van der Waals surface area (Å²) < 4.78 is 2.33. The average molecular weight is 160 g/mol. The third kappa shape index (κ3) is 2.53. The molecule has 1 atom stereocenters. The molecule has 1 saturated heterocycles. The van der Waals surface area contributed by atoms with Crippen LogP contribution in [0, 0.1) is 5.92 Å². The van der Waals surface area contributed by atoms with Gasteiger partial charge in [-0.2, -0.15) is 0 Å². The lowest BCUT2D eigenvalue weighted by atomic mass is 9.98. The van der Waals surface area contributed by atoms with Crippen molar-refractivity contribution in [3.63, 3.8) is 0 Å². The first-order valence-electron chi connectivity index (χ1n) is 3.97. The van der Waals surface area contributed by atoms with Gasteiger partial charge >= 0.3 is 0 Å². The Hall–Kier alpha value is 0.350. The molecule has 1 fully saturated rings. The molecule has 0 bridgehead atoms. The van der Waals surface area contributed by atoms with Crippen molar-refractivity contribution in [1.29, 1.82) is 0 Å². The molecule has 0 aliphatic carbocycles. The summed E-state index contributed by atoms with van der Waals surface area (Å²) in [6.45, 7) is 3.69. The molecule has 1 unspecified atom stereocenters. The molecule has 0 spiro atoms. The molecule has 10 heavy (non-hydrogen) atoms. The van der Waals surface area contributed by atoms with Gasteiger partial charge in [0.25, 0.3) is 0 Å². The summed E-state index contributed by atoms with van der Waals surface area (Å²) in [5, 5.41) is 3.23. The average Bonchev–Trinajstić information content (AvgIpc) is 1.95. The zero-order valence-corrected chi connectivity index (χ0v) is 7.79. The quantitative estimate of drug-likeness (QED) is 0.598. The van der Waals surface area contributed by atoms with E-state index in [0.717, 1.165) is 5.92 Å². The Morgan fingerprint density at radius 1 is 1.50 bits per heavy atom. The summed E-state index contributed by atoms with van der Waals surface area (Å²) in [7, 11) is 4.81. The first kappa shape index (κ1) is 8.45. The Bertz CT molecular complexity index is 89.6. The smallest absolute Gasteiger partial charge is 0.00193 e. The Morgan fingerprint density at radius 2 is 2.10 bits per heavy atom. The van der Waals surface area contributed by atoms with Gasteiger partial charge in [0.1, 0.15) is 0 Å². The van der Waals surface area contributed by atoms with Gasteiger partial charge in [-0.15, -0.1) is 0 Å². The maximum Gasteiger partial charge on any atom is 0.00193 e. The lowest BCUT2D eigenvalue weighted by Crippen LogP contribution is -2.31. The van der Waals surface area contributed by atoms with E-state index in [1.807, 2.05) is 7.05 Å². The van der Waals surface area contributed by atoms with Crippen molar-refractivity contribution in [2.24, 2.45) is 5.92 Å². The summed E-state index contributed by atoms with van der Waals surface area (Å²) in [6, 6.07) is 0. The number of hydrogen-bond acceptors (Lipinski definition) is 2. The fourth-order valence-electron chi connectivity index (χ4n) is 1.45. The topological polar surface area (TPSA) is 15.3 Å². The second-order valence-corrected chi connectivity index (χ2v) is 3.77. The van der Waals surface area contributed by atoms with Crippen LogP contribution in [0.3, 0.4) is 0 Å². The SMILES string of the molecule is CNCC1CCN(P)CC1. The van der Waals surface area contributed by atoms with E-state index in [2.05, 4.69) is 19.4 Å². The van der Waals surface area contributed by atoms with Gasteiger partial charge in [-0.3, -0.25) is 4.67 Å². The van der Waals surface area contributed by atoms with E-state index in [0.29, 0.717) is 0 Å². The van der Waals surface area contributed by atoms with Crippen LogP contribution in [-0.2, 0) is 0 Å². The fourth-order valence-corrected chi connectivity index (χ4v) is 1.74. The molecule has 0 saturated carbocycles. The zero-order valence-electron chi connectivity index (χ0n) is 6.64. The fraction of sp³-hybridized carbons (Fsp3) is 1.00. The second kappa shape index (κ2) is 4.27. The van der Waals surface area contributed by atoms with Crippen molar-refractivity contribution in [3.8, 4) is 0 Å². The summed E-state index contributed by atoms with van der Waals surface area (Å²) in [5.41, 5.74) is 0. The predicted molar refractivity (Wildman–Crippen MR) is 47.9 cm³/mol. The van der Waals surface area contributed by atoms with Crippen LogP contribution in [-0.4, -0.2) is 31.4 Å². The van der Waals surface area contributed by atoms with Crippen molar-refractivity contribution < 1.29 is 0 Å². The molecule has 1 N–H and O–H groups in total. The van der Waals surface area contributed by atoms with E-state index in [1.165, 1.54) is 32.5 Å². The molecule has 1 aliphatic heterocycles. The monoisotopic (exact) mass is 160 g/mol. The molecular formula is C7H17N2P. The number of rotatable bonds is 2. The Labute approximate surface area is 65.6 Å². The minimum absolute atomic E-state index is 0.918. The molecule has 0 aromatic carbocycles. The van der Waals surface area contributed by atoms with Gasteiger partial charge in [0.05, 0.1) is 0 Å². The standard InChI is InChI=1S/C7H17N2P/c1-8-6-7-2-4-9(10)5-3-7/h7-8H,2-6,10H2,1H3. The van der Waals surface area contributed by atoms with Crippen LogP contribution in [0.25, 0.3) is 0 Å². The van der Waals surface area contributed by atoms with Crippen LogP contribution in [0.5, 0.6) is 0 Å². The van der Waals surface area contributed by atoms with E-state index in [-0.39, 0.29) is 0 Å². The molecule has 60 valence electrons. The summed E-state index contributed by atoms with van der Waals surface area (Å²) in [6.07, 6.45) is 2.70. The molecule has 1 heterocycles.